The van der Waals surface area contributed by atoms with Crippen LogP contribution in [0.1, 0.15) is 29.9 Å². The average Bonchev–Trinajstić information content (AvgIpc) is 2.74. The smallest absolute Gasteiger partial charge is 0.130 e. The Morgan fingerprint density at radius 2 is 2.15 bits per heavy atom. The van der Waals surface area contributed by atoms with Gasteiger partial charge in [0.05, 0.1) is 11.4 Å². The number of hydrogen-bond donors (Lipinski definition) is 1. The summed E-state index contributed by atoms with van der Waals surface area (Å²) >= 11 is 6.07. The zero-order valence-electron chi connectivity index (χ0n) is 12.3. The zero-order chi connectivity index (χ0) is 14.7. The van der Waals surface area contributed by atoms with Crippen molar-refractivity contribution in [3.63, 3.8) is 0 Å². The minimum Gasteiger partial charge on any atom is -0.487 e. The first-order chi connectivity index (χ1) is 9.51. The van der Waals surface area contributed by atoms with E-state index in [0.717, 1.165) is 22.7 Å². The van der Waals surface area contributed by atoms with Gasteiger partial charge in [-0.3, -0.25) is 4.68 Å². The largest absolute Gasteiger partial charge is 0.487 e. The second-order valence-corrected chi connectivity index (χ2v) is 5.32. The summed E-state index contributed by atoms with van der Waals surface area (Å²) in [5.74, 6) is 0.843. The first kappa shape index (κ1) is 14.9. The van der Waals surface area contributed by atoms with Crippen molar-refractivity contribution in [2.24, 2.45) is 7.05 Å². The molecule has 0 aliphatic carbocycles. The molecule has 1 heterocycles. The fourth-order valence-corrected chi connectivity index (χ4v) is 2.28. The van der Waals surface area contributed by atoms with Crippen molar-refractivity contribution in [2.45, 2.75) is 26.5 Å². The van der Waals surface area contributed by atoms with Crippen LogP contribution < -0.4 is 10.1 Å². The van der Waals surface area contributed by atoms with Crippen molar-refractivity contribution < 1.29 is 4.74 Å². The minimum absolute atomic E-state index is 0.178. The van der Waals surface area contributed by atoms with Crippen molar-refractivity contribution in [3.8, 4) is 5.75 Å². The molecule has 1 aromatic carbocycles. The SMILES string of the molecule is CNC(C)c1cc(Cl)ccc1OCc1cc(C)nn1C. The second kappa shape index (κ2) is 6.29. The van der Waals surface area contributed by atoms with Gasteiger partial charge < -0.3 is 10.1 Å². The summed E-state index contributed by atoms with van der Waals surface area (Å²) in [4.78, 5) is 0. The predicted molar refractivity (Wildman–Crippen MR) is 81.2 cm³/mol. The summed E-state index contributed by atoms with van der Waals surface area (Å²) in [5, 5.41) is 8.23. The number of halogens is 1. The van der Waals surface area contributed by atoms with Gasteiger partial charge in [-0.25, -0.2) is 0 Å². The highest BCUT2D eigenvalue weighted by Gasteiger charge is 2.12. The molecule has 1 aromatic heterocycles. The van der Waals surface area contributed by atoms with Crippen LogP contribution in [-0.2, 0) is 13.7 Å². The third-order valence-corrected chi connectivity index (χ3v) is 3.58. The van der Waals surface area contributed by atoms with Crippen LogP contribution in [0.5, 0.6) is 5.75 Å². The maximum absolute atomic E-state index is 6.07. The van der Waals surface area contributed by atoms with E-state index >= 15 is 0 Å². The summed E-state index contributed by atoms with van der Waals surface area (Å²) < 4.78 is 7.78. The molecule has 0 radical (unpaired) electrons. The maximum atomic E-state index is 6.07. The van der Waals surface area contributed by atoms with Gasteiger partial charge in [-0.05, 0) is 45.2 Å². The number of hydrogen-bond acceptors (Lipinski definition) is 3. The number of benzene rings is 1. The van der Waals surface area contributed by atoms with Crippen molar-refractivity contribution >= 4 is 11.6 Å². The lowest BCUT2D eigenvalue weighted by atomic mass is 10.1. The van der Waals surface area contributed by atoms with E-state index in [2.05, 4.69) is 17.3 Å². The number of ether oxygens (including phenoxy) is 1. The van der Waals surface area contributed by atoms with E-state index in [1.807, 2.05) is 50.0 Å². The summed E-state index contributed by atoms with van der Waals surface area (Å²) in [6, 6.07) is 7.90. The summed E-state index contributed by atoms with van der Waals surface area (Å²) in [6.07, 6.45) is 0. The van der Waals surface area contributed by atoms with E-state index in [0.29, 0.717) is 11.6 Å². The van der Waals surface area contributed by atoms with Crippen LogP contribution in [0.4, 0.5) is 0 Å². The highest BCUT2D eigenvalue weighted by molar-refractivity contribution is 6.30. The van der Waals surface area contributed by atoms with Crippen LogP contribution in [0, 0.1) is 6.92 Å². The van der Waals surface area contributed by atoms with Gasteiger partial charge in [0.1, 0.15) is 12.4 Å². The van der Waals surface area contributed by atoms with Gasteiger partial charge in [0.25, 0.3) is 0 Å². The van der Waals surface area contributed by atoms with Crippen LogP contribution in [0.3, 0.4) is 0 Å². The Morgan fingerprint density at radius 1 is 1.40 bits per heavy atom. The molecule has 1 N–H and O–H groups in total. The first-order valence-corrected chi connectivity index (χ1v) is 6.98. The Hall–Kier alpha value is -1.52. The minimum atomic E-state index is 0.178. The molecule has 20 heavy (non-hydrogen) atoms. The third-order valence-electron chi connectivity index (χ3n) is 3.35. The summed E-state index contributed by atoms with van der Waals surface area (Å²) in [6.45, 7) is 4.54. The van der Waals surface area contributed by atoms with Gasteiger partial charge in [-0.2, -0.15) is 5.10 Å². The molecule has 2 aromatic rings. The number of nitrogens with one attached hydrogen (secondary N) is 1. The van der Waals surface area contributed by atoms with E-state index in [9.17, 15) is 0 Å². The summed E-state index contributed by atoms with van der Waals surface area (Å²) in [5.41, 5.74) is 3.09. The molecule has 0 amide bonds. The lowest BCUT2D eigenvalue weighted by Gasteiger charge is -2.17. The molecule has 1 unspecified atom stereocenters. The van der Waals surface area contributed by atoms with E-state index < -0.39 is 0 Å². The molecule has 0 bridgehead atoms. The fourth-order valence-electron chi connectivity index (χ4n) is 2.10. The second-order valence-electron chi connectivity index (χ2n) is 4.88. The Bertz CT molecular complexity index is 595. The Labute approximate surface area is 124 Å². The molecule has 0 aliphatic heterocycles. The molecule has 1 atom stereocenters. The molecule has 0 saturated heterocycles. The third kappa shape index (κ3) is 3.32. The first-order valence-electron chi connectivity index (χ1n) is 6.60. The Morgan fingerprint density at radius 3 is 2.75 bits per heavy atom. The molecule has 5 heteroatoms. The highest BCUT2D eigenvalue weighted by atomic mass is 35.5. The quantitative estimate of drug-likeness (QED) is 0.920. The number of nitrogens with zero attached hydrogens (tertiary/aromatic N) is 2. The van der Waals surface area contributed by atoms with Crippen LogP contribution in [0.2, 0.25) is 5.02 Å². The molecule has 0 aliphatic rings. The number of aromatic nitrogens is 2. The number of rotatable bonds is 5. The van der Waals surface area contributed by atoms with Crippen LogP contribution in [-0.4, -0.2) is 16.8 Å². The van der Waals surface area contributed by atoms with Gasteiger partial charge in [0.15, 0.2) is 0 Å². The normalized spacial score (nSPS) is 12.4. The highest BCUT2D eigenvalue weighted by Crippen LogP contribution is 2.28. The molecule has 0 spiro atoms. The van der Waals surface area contributed by atoms with Gasteiger partial charge in [-0.15, -0.1) is 0 Å². The zero-order valence-corrected chi connectivity index (χ0v) is 13.0. The molecule has 0 saturated carbocycles. The molecule has 108 valence electrons. The maximum Gasteiger partial charge on any atom is 0.130 e. The summed E-state index contributed by atoms with van der Waals surface area (Å²) in [7, 11) is 3.84. The average molecular weight is 294 g/mol. The van der Waals surface area contributed by atoms with Gasteiger partial charge in [0.2, 0.25) is 0 Å². The van der Waals surface area contributed by atoms with Crippen molar-refractivity contribution in [2.75, 3.05) is 7.05 Å². The number of aryl methyl sites for hydroxylation is 2. The lowest BCUT2D eigenvalue weighted by molar-refractivity contribution is 0.289. The topological polar surface area (TPSA) is 39.1 Å². The van der Waals surface area contributed by atoms with E-state index in [-0.39, 0.29) is 6.04 Å². The molecule has 2 rings (SSSR count). The molecular weight excluding hydrogens is 274 g/mol. The van der Waals surface area contributed by atoms with E-state index in [1.54, 1.807) is 0 Å². The molecule has 0 fully saturated rings. The molecule has 4 nitrogen and oxygen atoms in total. The predicted octanol–water partition coefficient (Wildman–Crippen LogP) is 3.24. The Balaban J connectivity index is 2.18. The van der Waals surface area contributed by atoms with Gasteiger partial charge in [-0.1, -0.05) is 11.6 Å². The lowest BCUT2D eigenvalue weighted by Crippen LogP contribution is -2.14. The standard InChI is InChI=1S/C15H20ClN3O/c1-10-7-13(19(4)18-10)9-20-15-6-5-12(16)8-14(15)11(2)17-3/h5-8,11,17H,9H2,1-4H3. The van der Waals surface area contributed by atoms with E-state index in [1.165, 1.54) is 0 Å². The van der Waals surface area contributed by atoms with Gasteiger partial charge >= 0.3 is 0 Å². The van der Waals surface area contributed by atoms with Crippen molar-refractivity contribution in [1.29, 1.82) is 0 Å². The van der Waals surface area contributed by atoms with Gasteiger partial charge in [0, 0.05) is 23.7 Å². The van der Waals surface area contributed by atoms with Crippen LogP contribution >= 0.6 is 11.6 Å². The van der Waals surface area contributed by atoms with Crippen LogP contribution in [0.25, 0.3) is 0 Å². The van der Waals surface area contributed by atoms with E-state index in [4.69, 9.17) is 16.3 Å². The van der Waals surface area contributed by atoms with Crippen LogP contribution in [0.15, 0.2) is 24.3 Å². The fraction of sp³-hybridized carbons (Fsp3) is 0.400. The van der Waals surface area contributed by atoms with Crippen molar-refractivity contribution in [1.82, 2.24) is 15.1 Å². The molecular formula is C15H20ClN3O. The van der Waals surface area contributed by atoms with Crippen molar-refractivity contribution in [3.05, 3.63) is 46.2 Å². The Kier molecular flexibility index (Phi) is 4.68. The monoisotopic (exact) mass is 293 g/mol.